The maximum absolute atomic E-state index is 13.0. The number of alkyl halides is 1. The molecular formula is C9H14BF. The van der Waals surface area contributed by atoms with Crippen molar-refractivity contribution in [3.05, 3.63) is 38.0 Å². The lowest BCUT2D eigenvalue weighted by Crippen LogP contribution is -2.23. The molecule has 0 aromatic carbocycles. The summed E-state index contributed by atoms with van der Waals surface area (Å²) < 4.78 is 13.0. The first kappa shape index (κ1) is 10.2. The molecule has 60 valence electrons. The van der Waals surface area contributed by atoms with Crippen LogP contribution < -0.4 is 0 Å². The number of rotatable bonds is 6. The largest absolute Gasteiger partial charge is 0.252 e. The van der Waals surface area contributed by atoms with Crippen molar-refractivity contribution < 1.29 is 4.39 Å². The van der Waals surface area contributed by atoms with Crippen LogP contribution in [0.15, 0.2) is 38.0 Å². The molecule has 0 aliphatic heterocycles. The van der Waals surface area contributed by atoms with E-state index in [4.69, 9.17) is 0 Å². The first-order chi connectivity index (χ1) is 5.26. The maximum Gasteiger partial charge on any atom is 0.195 e. The summed E-state index contributed by atoms with van der Waals surface area (Å²) in [6.45, 7) is 10.5. The Hall–Kier alpha value is -0.785. The molecule has 0 saturated carbocycles. The second kappa shape index (κ2) is 5.96. The highest BCUT2D eigenvalue weighted by Crippen LogP contribution is 2.10. The van der Waals surface area contributed by atoms with Crippen LogP contribution in [0.2, 0.25) is 12.6 Å². The number of allylic oxidation sites excluding steroid dienone is 3. The van der Waals surface area contributed by atoms with Crippen LogP contribution in [0.5, 0.6) is 0 Å². The van der Waals surface area contributed by atoms with Crippen molar-refractivity contribution in [2.24, 2.45) is 0 Å². The van der Waals surface area contributed by atoms with Crippen LogP contribution in [0.3, 0.4) is 0 Å². The van der Waals surface area contributed by atoms with E-state index in [1.807, 2.05) is 0 Å². The van der Waals surface area contributed by atoms with Crippen LogP contribution in [0.4, 0.5) is 4.39 Å². The molecule has 0 saturated heterocycles. The summed E-state index contributed by atoms with van der Waals surface area (Å²) in [6.07, 6.45) is 5.20. The molecular weight excluding hydrogens is 138 g/mol. The summed E-state index contributed by atoms with van der Waals surface area (Å²) in [5.41, 5.74) is 0. The fourth-order valence-electron chi connectivity index (χ4n) is 0.977. The van der Waals surface area contributed by atoms with Gasteiger partial charge in [0, 0.05) is 0 Å². The molecule has 0 heterocycles. The van der Waals surface area contributed by atoms with Gasteiger partial charge in [-0.25, -0.2) is 0 Å². The SMILES string of the molecule is C=CCB(CC=C)C(F)C=C. The minimum atomic E-state index is -0.939. The third-order valence-corrected chi connectivity index (χ3v) is 1.61. The fourth-order valence-corrected chi connectivity index (χ4v) is 0.977. The smallest absolute Gasteiger partial charge is 0.195 e. The Bertz CT molecular complexity index is 132. The standard InChI is InChI=1S/C9H14BF/c1-4-7-10(8-5-2)9(11)6-3/h4-6,9H,1-3,7-8H2. The van der Waals surface area contributed by atoms with Crippen molar-refractivity contribution in [2.75, 3.05) is 0 Å². The molecule has 1 unspecified atom stereocenters. The van der Waals surface area contributed by atoms with E-state index in [-0.39, 0.29) is 6.71 Å². The average molecular weight is 152 g/mol. The van der Waals surface area contributed by atoms with Crippen molar-refractivity contribution in [1.82, 2.24) is 0 Å². The summed E-state index contributed by atoms with van der Waals surface area (Å²) in [7, 11) is 0. The Morgan fingerprint density at radius 1 is 1.18 bits per heavy atom. The van der Waals surface area contributed by atoms with Gasteiger partial charge in [0.1, 0.15) is 0 Å². The molecule has 0 aromatic heterocycles. The Morgan fingerprint density at radius 2 is 1.64 bits per heavy atom. The predicted molar refractivity (Wildman–Crippen MR) is 50.9 cm³/mol. The lowest BCUT2D eigenvalue weighted by Gasteiger charge is -2.09. The molecule has 0 aromatic rings. The third-order valence-electron chi connectivity index (χ3n) is 1.61. The molecule has 0 radical (unpaired) electrons. The predicted octanol–water partition coefficient (Wildman–Crippen LogP) is 2.92. The number of hydrogen-bond donors (Lipinski definition) is 0. The van der Waals surface area contributed by atoms with E-state index in [9.17, 15) is 4.39 Å². The maximum atomic E-state index is 13.0. The molecule has 0 aliphatic carbocycles. The zero-order chi connectivity index (χ0) is 8.69. The molecule has 0 rings (SSSR count). The highest BCUT2D eigenvalue weighted by atomic mass is 19.1. The summed E-state index contributed by atoms with van der Waals surface area (Å²) in [5, 5.41) is 0. The molecule has 0 bridgehead atoms. The van der Waals surface area contributed by atoms with E-state index in [0.29, 0.717) is 12.6 Å². The normalized spacial score (nSPS) is 11.7. The van der Waals surface area contributed by atoms with Crippen LogP contribution in [-0.4, -0.2) is 12.8 Å². The molecule has 0 aliphatic rings. The summed E-state index contributed by atoms with van der Waals surface area (Å²) in [4.78, 5) is 0. The fraction of sp³-hybridized carbons (Fsp3) is 0.333. The third kappa shape index (κ3) is 3.81. The zero-order valence-electron chi connectivity index (χ0n) is 6.80. The van der Waals surface area contributed by atoms with Gasteiger partial charge in [-0.3, -0.25) is 4.39 Å². The lowest BCUT2D eigenvalue weighted by atomic mass is 9.41. The van der Waals surface area contributed by atoms with E-state index in [0.717, 1.165) is 0 Å². The Kier molecular flexibility index (Phi) is 5.53. The monoisotopic (exact) mass is 152 g/mol. The van der Waals surface area contributed by atoms with Gasteiger partial charge in [-0.1, -0.05) is 30.9 Å². The minimum Gasteiger partial charge on any atom is -0.252 e. The molecule has 0 amide bonds. The Morgan fingerprint density at radius 3 is 1.91 bits per heavy atom. The quantitative estimate of drug-likeness (QED) is 0.405. The van der Waals surface area contributed by atoms with Crippen molar-refractivity contribution in [3.63, 3.8) is 0 Å². The Balaban J connectivity index is 3.94. The average Bonchev–Trinajstić information content (AvgIpc) is 2.03. The highest BCUT2D eigenvalue weighted by Gasteiger charge is 2.19. The lowest BCUT2D eigenvalue weighted by molar-refractivity contribution is 0.499. The van der Waals surface area contributed by atoms with Crippen molar-refractivity contribution >= 4 is 6.71 Å². The van der Waals surface area contributed by atoms with E-state index in [2.05, 4.69) is 19.7 Å². The van der Waals surface area contributed by atoms with Crippen LogP contribution in [0, 0.1) is 0 Å². The summed E-state index contributed by atoms with van der Waals surface area (Å²) in [5.74, 6) is 0. The van der Waals surface area contributed by atoms with Crippen LogP contribution in [0.1, 0.15) is 0 Å². The van der Waals surface area contributed by atoms with Gasteiger partial charge < -0.3 is 0 Å². The zero-order valence-corrected chi connectivity index (χ0v) is 6.80. The Labute approximate surface area is 68.6 Å². The first-order valence-electron chi connectivity index (χ1n) is 3.74. The van der Waals surface area contributed by atoms with Gasteiger partial charge in [0.25, 0.3) is 0 Å². The minimum absolute atomic E-state index is 0.0255. The second-order valence-electron chi connectivity index (χ2n) is 2.49. The number of halogens is 1. The van der Waals surface area contributed by atoms with Gasteiger partial charge in [-0.05, 0) is 0 Å². The van der Waals surface area contributed by atoms with Crippen LogP contribution >= 0.6 is 0 Å². The van der Waals surface area contributed by atoms with Crippen molar-refractivity contribution in [1.29, 1.82) is 0 Å². The molecule has 2 heteroatoms. The van der Waals surface area contributed by atoms with Crippen molar-refractivity contribution in [3.8, 4) is 0 Å². The first-order valence-corrected chi connectivity index (χ1v) is 3.74. The van der Waals surface area contributed by atoms with E-state index < -0.39 is 6.07 Å². The molecule has 1 atom stereocenters. The molecule has 0 N–H and O–H groups in total. The molecule has 0 fully saturated rings. The van der Waals surface area contributed by atoms with Gasteiger partial charge in [-0.2, -0.15) is 0 Å². The molecule has 11 heavy (non-hydrogen) atoms. The van der Waals surface area contributed by atoms with E-state index in [1.54, 1.807) is 12.2 Å². The van der Waals surface area contributed by atoms with Gasteiger partial charge in [-0.15, -0.1) is 19.7 Å². The molecule has 0 nitrogen and oxygen atoms in total. The summed E-state index contributed by atoms with van der Waals surface area (Å²) >= 11 is 0. The highest BCUT2D eigenvalue weighted by molar-refractivity contribution is 6.61. The van der Waals surface area contributed by atoms with Gasteiger partial charge >= 0.3 is 0 Å². The van der Waals surface area contributed by atoms with Gasteiger partial charge in [0.05, 0.1) is 6.07 Å². The van der Waals surface area contributed by atoms with Gasteiger partial charge in [0.15, 0.2) is 6.71 Å². The van der Waals surface area contributed by atoms with Crippen LogP contribution in [0.25, 0.3) is 0 Å². The second-order valence-corrected chi connectivity index (χ2v) is 2.49. The topological polar surface area (TPSA) is 0 Å². The van der Waals surface area contributed by atoms with E-state index >= 15 is 0 Å². The van der Waals surface area contributed by atoms with Crippen molar-refractivity contribution in [2.45, 2.75) is 18.7 Å². The number of hydrogen-bond acceptors (Lipinski definition) is 0. The summed E-state index contributed by atoms with van der Waals surface area (Å²) in [6, 6.07) is 0. The van der Waals surface area contributed by atoms with Gasteiger partial charge in [0.2, 0.25) is 0 Å². The molecule has 0 spiro atoms. The van der Waals surface area contributed by atoms with Crippen LogP contribution in [-0.2, 0) is 0 Å². The van der Waals surface area contributed by atoms with E-state index in [1.165, 1.54) is 6.08 Å².